The smallest absolute Gasteiger partial charge is 0.0691 e. The summed E-state index contributed by atoms with van der Waals surface area (Å²) in [7, 11) is 0. The van der Waals surface area contributed by atoms with Gasteiger partial charge in [0.15, 0.2) is 0 Å². The first-order valence-corrected chi connectivity index (χ1v) is 8.90. The van der Waals surface area contributed by atoms with Crippen molar-refractivity contribution in [2.45, 2.75) is 58.4 Å². The number of aryl methyl sites for hydroxylation is 2. The largest absolute Gasteiger partial charge is 0.381 e. The number of H-pyrrole nitrogens is 1. The molecule has 5 nitrogen and oxygen atoms in total. The summed E-state index contributed by atoms with van der Waals surface area (Å²) in [6.07, 6.45) is 6.36. The van der Waals surface area contributed by atoms with Gasteiger partial charge >= 0.3 is 0 Å². The SMILES string of the molecule is Cc1n[nH]c(C)c1C1CCCN1CCCC1(C#N)CCOCC1. The van der Waals surface area contributed by atoms with E-state index >= 15 is 0 Å². The minimum Gasteiger partial charge on any atom is -0.381 e. The van der Waals surface area contributed by atoms with Gasteiger partial charge in [0.05, 0.1) is 17.2 Å². The molecule has 2 fully saturated rings. The van der Waals surface area contributed by atoms with Gasteiger partial charge in [-0.15, -0.1) is 0 Å². The van der Waals surface area contributed by atoms with Crippen molar-refractivity contribution < 1.29 is 4.74 Å². The second-order valence-corrected chi connectivity index (χ2v) is 7.15. The molecule has 2 aliphatic heterocycles. The molecule has 1 aromatic heterocycles. The minimum absolute atomic E-state index is 0.144. The Morgan fingerprint density at radius 1 is 1.39 bits per heavy atom. The van der Waals surface area contributed by atoms with Gasteiger partial charge in [0.2, 0.25) is 0 Å². The van der Waals surface area contributed by atoms with Crippen molar-refractivity contribution in [3.8, 4) is 6.07 Å². The third-order valence-electron chi connectivity index (χ3n) is 5.67. The zero-order chi connectivity index (χ0) is 16.3. The summed E-state index contributed by atoms with van der Waals surface area (Å²) in [5.41, 5.74) is 3.59. The van der Waals surface area contributed by atoms with E-state index in [1.165, 1.54) is 24.1 Å². The van der Waals surface area contributed by atoms with Crippen LogP contribution in [0.4, 0.5) is 0 Å². The fraction of sp³-hybridized carbons (Fsp3) is 0.778. The Labute approximate surface area is 139 Å². The molecule has 3 rings (SSSR count). The van der Waals surface area contributed by atoms with Crippen molar-refractivity contribution in [3.05, 3.63) is 17.0 Å². The van der Waals surface area contributed by atoms with Gasteiger partial charge in [-0.3, -0.25) is 10.00 Å². The molecule has 1 aromatic rings. The molecule has 3 heterocycles. The van der Waals surface area contributed by atoms with Crippen LogP contribution in [0.25, 0.3) is 0 Å². The molecule has 2 saturated heterocycles. The van der Waals surface area contributed by atoms with Gasteiger partial charge in [0.25, 0.3) is 0 Å². The standard InChI is InChI=1S/C18H28N4O/c1-14-17(15(2)21-20-14)16-5-3-9-22(16)10-4-6-18(13-19)7-11-23-12-8-18/h16H,3-12H2,1-2H3,(H,20,21). The van der Waals surface area contributed by atoms with Gasteiger partial charge in [0.1, 0.15) is 0 Å². The molecule has 0 saturated carbocycles. The number of hydrogen-bond donors (Lipinski definition) is 1. The average molecular weight is 316 g/mol. The Hall–Kier alpha value is -1.38. The number of ether oxygens (including phenoxy) is 1. The third-order valence-corrected chi connectivity index (χ3v) is 5.67. The molecule has 0 radical (unpaired) electrons. The molecular weight excluding hydrogens is 288 g/mol. The van der Waals surface area contributed by atoms with E-state index in [2.05, 4.69) is 35.0 Å². The highest BCUT2D eigenvalue weighted by Gasteiger charge is 2.34. The number of aromatic nitrogens is 2. The first kappa shape index (κ1) is 16.5. The second kappa shape index (κ2) is 7.02. The van der Waals surface area contributed by atoms with E-state index in [0.29, 0.717) is 6.04 Å². The van der Waals surface area contributed by atoms with Crippen molar-refractivity contribution in [3.63, 3.8) is 0 Å². The van der Waals surface area contributed by atoms with Gasteiger partial charge in [-0.25, -0.2) is 0 Å². The predicted octanol–water partition coefficient (Wildman–Crippen LogP) is 3.26. The molecule has 1 N–H and O–H groups in total. The monoisotopic (exact) mass is 316 g/mol. The molecule has 23 heavy (non-hydrogen) atoms. The molecule has 0 bridgehead atoms. The average Bonchev–Trinajstić information content (AvgIpc) is 3.14. The Balaban J connectivity index is 1.58. The van der Waals surface area contributed by atoms with E-state index in [4.69, 9.17) is 4.74 Å². The summed E-state index contributed by atoms with van der Waals surface area (Å²) in [6.45, 7) is 7.96. The van der Waals surface area contributed by atoms with Crippen LogP contribution < -0.4 is 0 Å². The summed E-state index contributed by atoms with van der Waals surface area (Å²) in [5.74, 6) is 0. The number of rotatable bonds is 5. The molecular formula is C18H28N4O. The van der Waals surface area contributed by atoms with E-state index in [0.717, 1.165) is 57.7 Å². The van der Waals surface area contributed by atoms with Gasteiger partial charge in [-0.05, 0) is 65.5 Å². The summed E-state index contributed by atoms with van der Waals surface area (Å²) in [4.78, 5) is 2.59. The Morgan fingerprint density at radius 3 is 2.83 bits per heavy atom. The van der Waals surface area contributed by atoms with Crippen LogP contribution in [0, 0.1) is 30.6 Å². The van der Waals surface area contributed by atoms with E-state index in [9.17, 15) is 5.26 Å². The molecule has 126 valence electrons. The lowest BCUT2D eigenvalue weighted by atomic mass is 9.78. The van der Waals surface area contributed by atoms with Crippen LogP contribution >= 0.6 is 0 Å². The summed E-state index contributed by atoms with van der Waals surface area (Å²) in [5, 5.41) is 17.1. The fourth-order valence-corrected chi connectivity index (χ4v) is 4.27. The summed E-state index contributed by atoms with van der Waals surface area (Å²) < 4.78 is 5.43. The maximum atomic E-state index is 9.58. The second-order valence-electron chi connectivity index (χ2n) is 7.15. The number of nitrogens with zero attached hydrogens (tertiary/aromatic N) is 3. The highest BCUT2D eigenvalue weighted by molar-refractivity contribution is 5.28. The number of hydrogen-bond acceptors (Lipinski definition) is 4. The van der Waals surface area contributed by atoms with E-state index in [1.807, 2.05) is 0 Å². The summed E-state index contributed by atoms with van der Waals surface area (Å²) in [6, 6.07) is 3.09. The van der Waals surface area contributed by atoms with Gasteiger partial charge < -0.3 is 4.74 Å². The number of likely N-dealkylation sites (tertiary alicyclic amines) is 1. The summed E-state index contributed by atoms with van der Waals surface area (Å²) >= 11 is 0. The van der Waals surface area contributed by atoms with Gasteiger partial charge in [-0.1, -0.05) is 0 Å². The molecule has 0 spiro atoms. The lowest BCUT2D eigenvalue weighted by Crippen LogP contribution is -2.30. The maximum Gasteiger partial charge on any atom is 0.0691 e. The lowest BCUT2D eigenvalue weighted by molar-refractivity contribution is 0.0347. The zero-order valence-corrected chi connectivity index (χ0v) is 14.4. The van der Waals surface area contributed by atoms with E-state index < -0.39 is 0 Å². The van der Waals surface area contributed by atoms with E-state index in [1.54, 1.807) is 0 Å². The van der Waals surface area contributed by atoms with Gasteiger partial charge in [0, 0.05) is 30.5 Å². The van der Waals surface area contributed by atoms with Crippen LogP contribution in [-0.2, 0) is 4.74 Å². The Kier molecular flexibility index (Phi) is 5.03. The first-order valence-electron chi connectivity index (χ1n) is 8.90. The highest BCUT2D eigenvalue weighted by atomic mass is 16.5. The molecule has 1 unspecified atom stereocenters. The van der Waals surface area contributed by atoms with Crippen molar-refractivity contribution in [2.24, 2.45) is 5.41 Å². The fourth-order valence-electron chi connectivity index (χ4n) is 4.27. The van der Waals surface area contributed by atoms with Crippen LogP contribution in [0.5, 0.6) is 0 Å². The lowest BCUT2D eigenvalue weighted by Gasteiger charge is -2.32. The number of aromatic amines is 1. The molecule has 0 aliphatic carbocycles. The number of nitriles is 1. The van der Waals surface area contributed by atoms with Crippen LogP contribution in [0.15, 0.2) is 0 Å². The molecule has 1 atom stereocenters. The van der Waals surface area contributed by atoms with Crippen LogP contribution in [-0.4, -0.2) is 41.4 Å². The predicted molar refractivity (Wildman–Crippen MR) is 88.9 cm³/mol. The van der Waals surface area contributed by atoms with Crippen molar-refractivity contribution in [1.82, 2.24) is 15.1 Å². The number of nitrogens with one attached hydrogen (secondary N) is 1. The maximum absolute atomic E-state index is 9.58. The Morgan fingerprint density at radius 2 is 2.17 bits per heavy atom. The third kappa shape index (κ3) is 3.44. The molecule has 0 aromatic carbocycles. The van der Waals surface area contributed by atoms with Crippen LogP contribution in [0.3, 0.4) is 0 Å². The topological polar surface area (TPSA) is 64.9 Å². The van der Waals surface area contributed by atoms with Gasteiger partial charge in [-0.2, -0.15) is 10.4 Å². The normalized spacial score (nSPS) is 24.7. The van der Waals surface area contributed by atoms with Crippen molar-refractivity contribution in [1.29, 1.82) is 5.26 Å². The molecule has 2 aliphatic rings. The van der Waals surface area contributed by atoms with Crippen LogP contribution in [0.1, 0.15) is 61.5 Å². The Bertz CT molecular complexity index is 549. The molecule has 0 amide bonds. The zero-order valence-electron chi connectivity index (χ0n) is 14.4. The van der Waals surface area contributed by atoms with Crippen LogP contribution in [0.2, 0.25) is 0 Å². The van der Waals surface area contributed by atoms with Crippen molar-refractivity contribution in [2.75, 3.05) is 26.3 Å². The highest BCUT2D eigenvalue weighted by Crippen LogP contribution is 2.37. The first-order chi connectivity index (χ1) is 11.2. The van der Waals surface area contributed by atoms with E-state index in [-0.39, 0.29) is 5.41 Å². The minimum atomic E-state index is -0.144. The van der Waals surface area contributed by atoms with Crippen molar-refractivity contribution >= 4 is 0 Å². The quantitative estimate of drug-likeness (QED) is 0.905. The molecule has 5 heteroatoms.